The molecule has 0 spiro atoms. The number of rotatable bonds is 3. The molecular weight excluding hydrogens is 288 g/mol. The number of amidine groups is 1. The van der Waals surface area contributed by atoms with E-state index in [9.17, 15) is 13.0 Å². The van der Waals surface area contributed by atoms with Crippen LogP contribution in [0, 0.1) is 0 Å². The van der Waals surface area contributed by atoms with Gasteiger partial charge in [-0.25, -0.2) is 4.99 Å². The summed E-state index contributed by atoms with van der Waals surface area (Å²) in [6.07, 6.45) is 0. The first kappa shape index (κ1) is 13.8. The maximum absolute atomic E-state index is 11.3. The van der Waals surface area contributed by atoms with Crippen LogP contribution in [0.3, 0.4) is 0 Å². The van der Waals surface area contributed by atoms with Crippen LogP contribution in [0.15, 0.2) is 46.3 Å². The van der Waals surface area contributed by atoms with E-state index in [1.807, 2.05) is 0 Å². The van der Waals surface area contributed by atoms with Crippen LogP contribution < -0.4 is 5.73 Å². The predicted molar refractivity (Wildman–Crippen MR) is 75.8 cm³/mol. The minimum atomic E-state index is -4.29. The van der Waals surface area contributed by atoms with Gasteiger partial charge in [0, 0.05) is 10.8 Å². The van der Waals surface area contributed by atoms with Crippen LogP contribution in [0.25, 0.3) is 10.8 Å². The van der Waals surface area contributed by atoms with Gasteiger partial charge in [0.15, 0.2) is 0 Å². The molecule has 7 heteroatoms. The van der Waals surface area contributed by atoms with Crippen LogP contribution in [0.2, 0.25) is 0 Å². The third-order valence-corrected chi connectivity index (χ3v) is 3.73. The Kier molecular flexibility index (Phi) is 3.75. The van der Waals surface area contributed by atoms with Crippen molar-refractivity contribution < 1.29 is 13.0 Å². The van der Waals surface area contributed by atoms with Crippen LogP contribution in [0.5, 0.6) is 0 Å². The van der Waals surface area contributed by atoms with Crippen molar-refractivity contribution in [2.45, 2.75) is 4.90 Å². The van der Waals surface area contributed by atoms with Crippen LogP contribution in [-0.4, -0.2) is 24.7 Å². The van der Waals surface area contributed by atoms with E-state index < -0.39 is 10.1 Å². The van der Waals surface area contributed by atoms with Crippen LogP contribution >= 0.6 is 11.6 Å². The number of benzene rings is 2. The summed E-state index contributed by atoms with van der Waals surface area (Å²) in [4.78, 5) is 3.95. The van der Waals surface area contributed by atoms with Gasteiger partial charge in [-0.15, -0.1) is 11.6 Å². The Balaban J connectivity index is 2.80. The summed E-state index contributed by atoms with van der Waals surface area (Å²) < 4.78 is 31.8. The molecule has 0 heterocycles. The quantitative estimate of drug-likeness (QED) is 0.393. The van der Waals surface area contributed by atoms with Crippen molar-refractivity contribution in [2.75, 3.05) is 5.88 Å². The first-order chi connectivity index (χ1) is 8.93. The summed E-state index contributed by atoms with van der Waals surface area (Å²) in [5, 5.41) is 0.958. The number of hydrogen-bond donors (Lipinski definition) is 2. The second-order valence-corrected chi connectivity index (χ2v) is 5.50. The Morgan fingerprint density at radius 3 is 2.42 bits per heavy atom. The topological polar surface area (TPSA) is 92.8 Å². The maximum Gasteiger partial charge on any atom is 0.295 e. The number of halogens is 1. The largest absolute Gasteiger partial charge is 0.386 e. The zero-order valence-corrected chi connectivity index (χ0v) is 11.3. The number of aliphatic imine (C=N–C) groups is 1. The molecule has 0 aromatic heterocycles. The van der Waals surface area contributed by atoms with Crippen molar-refractivity contribution in [3.05, 3.63) is 36.4 Å². The smallest absolute Gasteiger partial charge is 0.295 e. The molecule has 0 atom stereocenters. The molecule has 0 unspecified atom stereocenters. The van der Waals surface area contributed by atoms with Gasteiger partial charge in [0.05, 0.1) is 11.6 Å². The average molecular weight is 299 g/mol. The van der Waals surface area contributed by atoms with E-state index >= 15 is 0 Å². The molecule has 0 aliphatic rings. The molecule has 0 aliphatic heterocycles. The normalized spacial score (nSPS) is 12.8. The van der Waals surface area contributed by atoms with Gasteiger partial charge >= 0.3 is 0 Å². The standard InChI is InChI=1S/C12H11ClN2O3S/c13-7-12(14)15-10-5-6-11(19(16,17)18)9-4-2-1-3-8(9)10/h1-6H,7H2,(H2,14,15)(H,16,17,18). The number of nitrogens with two attached hydrogens (primary N) is 1. The minimum absolute atomic E-state index is 0.0778. The molecule has 5 nitrogen and oxygen atoms in total. The fourth-order valence-corrected chi connectivity index (χ4v) is 2.52. The Morgan fingerprint density at radius 1 is 1.21 bits per heavy atom. The molecular formula is C12H11ClN2O3S. The summed E-state index contributed by atoms with van der Waals surface area (Å²) in [7, 11) is -4.29. The van der Waals surface area contributed by atoms with Gasteiger partial charge in [-0.05, 0) is 12.1 Å². The van der Waals surface area contributed by atoms with Crippen molar-refractivity contribution in [3.8, 4) is 0 Å². The van der Waals surface area contributed by atoms with E-state index in [1.54, 1.807) is 24.3 Å². The highest BCUT2D eigenvalue weighted by molar-refractivity contribution is 7.86. The first-order valence-corrected chi connectivity index (χ1v) is 7.29. The monoisotopic (exact) mass is 298 g/mol. The van der Waals surface area contributed by atoms with Gasteiger partial charge in [0.2, 0.25) is 0 Å². The Labute approximate surface area is 115 Å². The predicted octanol–water partition coefficient (Wildman–Crippen LogP) is 2.31. The molecule has 100 valence electrons. The molecule has 2 aromatic carbocycles. The molecule has 19 heavy (non-hydrogen) atoms. The first-order valence-electron chi connectivity index (χ1n) is 5.31. The molecule has 0 radical (unpaired) electrons. The SMILES string of the molecule is NC(CCl)=Nc1ccc(S(=O)(=O)O)c2ccccc12. The zero-order valence-electron chi connectivity index (χ0n) is 9.75. The molecule has 2 rings (SSSR count). The summed E-state index contributed by atoms with van der Waals surface area (Å²) in [6.45, 7) is 0. The Bertz CT molecular complexity index is 757. The number of fused-ring (bicyclic) bond motifs is 1. The second-order valence-electron chi connectivity index (χ2n) is 3.84. The maximum atomic E-state index is 11.3. The van der Waals surface area contributed by atoms with E-state index in [4.69, 9.17) is 17.3 Å². The van der Waals surface area contributed by atoms with E-state index in [-0.39, 0.29) is 16.6 Å². The van der Waals surface area contributed by atoms with E-state index in [0.717, 1.165) is 0 Å². The van der Waals surface area contributed by atoms with Gasteiger partial charge in [-0.1, -0.05) is 24.3 Å². The molecule has 0 fully saturated rings. The number of nitrogens with zero attached hydrogens (tertiary/aromatic N) is 1. The van der Waals surface area contributed by atoms with Crippen molar-refractivity contribution in [1.82, 2.24) is 0 Å². The summed E-state index contributed by atoms with van der Waals surface area (Å²) in [6, 6.07) is 9.48. The third-order valence-electron chi connectivity index (χ3n) is 2.54. The lowest BCUT2D eigenvalue weighted by Crippen LogP contribution is -2.12. The van der Waals surface area contributed by atoms with Gasteiger partial charge in [-0.3, -0.25) is 4.55 Å². The summed E-state index contributed by atoms with van der Waals surface area (Å²) >= 11 is 5.57. The molecule has 0 amide bonds. The highest BCUT2D eigenvalue weighted by Gasteiger charge is 2.15. The van der Waals surface area contributed by atoms with E-state index in [2.05, 4.69) is 4.99 Å². The Morgan fingerprint density at radius 2 is 1.84 bits per heavy atom. The number of hydrogen-bond acceptors (Lipinski definition) is 3. The van der Waals surface area contributed by atoms with Crippen molar-refractivity contribution in [1.29, 1.82) is 0 Å². The van der Waals surface area contributed by atoms with Gasteiger partial charge in [-0.2, -0.15) is 8.42 Å². The zero-order chi connectivity index (χ0) is 14.0. The highest BCUT2D eigenvalue weighted by atomic mass is 35.5. The minimum Gasteiger partial charge on any atom is -0.386 e. The van der Waals surface area contributed by atoms with Crippen molar-refractivity contribution in [3.63, 3.8) is 0 Å². The van der Waals surface area contributed by atoms with Gasteiger partial charge in [0.1, 0.15) is 10.7 Å². The lowest BCUT2D eigenvalue weighted by atomic mass is 10.1. The second kappa shape index (κ2) is 5.16. The van der Waals surface area contributed by atoms with Crippen LogP contribution in [0.4, 0.5) is 5.69 Å². The van der Waals surface area contributed by atoms with Crippen LogP contribution in [-0.2, 0) is 10.1 Å². The molecule has 3 N–H and O–H groups in total. The highest BCUT2D eigenvalue weighted by Crippen LogP contribution is 2.31. The molecule has 0 bridgehead atoms. The van der Waals surface area contributed by atoms with Crippen molar-refractivity contribution in [2.24, 2.45) is 10.7 Å². The summed E-state index contributed by atoms with van der Waals surface area (Å²) in [5.74, 6) is 0.306. The fourth-order valence-electron chi connectivity index (χ4n) is 1.76. The number of alkyl halides is 1. The molecule has 0 saturated carbocycles. The van der Waals surface area contributed by atoms with Crippen LogP contribution in [0.1, 0.15) is 0 Å². The Hall–Kier alpha value is -1.63. The molecule has 2 aromatic rings. The lowest BCUT2D eigenvalue weighted by Gasteiger charge is -2.07. The van der Waals surface area contributed by atoms with Crippen molar-refractivity contribution >= 4 is 44.0 Å². The van der Waals surface area contributed by atoms with Gasteiger partial charge < -0.3 is 5.73 Å². The van der Waals surface area contributed by atoms with E-state index in [1.165, 1.54) is 12.1 Å². The molecule has 0 aliphatic carbocycles. The third kappa shape index (κ3) is 2.86. The lowest BCUT2D eigenvalue weighted by molar-refractivity contribution is 0.484. The fraction of sp³-hybridized carbons (Fsp3) is 0.0833. The summed E-state index contributed by atoms with van der Waals surface area (Å²) in [5.41, 5.74) is 6.07. The average Bonchev–Trinajstić information content (AvgIpc) is 2.37. The molecule has 0 saturated heterocycles. The van der Waals surface area contributed by atoms with Gasteiger partial charge in [0.25, 0.3) is 10.1 Å². The van der Waals surface area contributed by atoms with E-state index in [0.29, 0.717) is 16.5 Å².